The molecule has 7 rings (SSSR count). The third-order valence-electron chi connectivity index (χ3n) is 8.55. The number of methoxy groups -OCH3 is 1. The quantitative estimate of drug-likeness (QED) is 0.341. The lowest BCUT2D eigenvalue weighted by atomic mass is 9.64. The van der Waals surface area contributed by atoms with Crippen LogP contribution in [0.5, 0.6) is 5.75 Å². The molecule has 1 N–H and O–H groups in total. The van der Waals surface area contributed by atoms with Crippen LogP contribution in [0.4, 0.5) is 11.4 Å². The number of ether oxygens (including phenoxy) is 1. The zero-order valence-electron chi connectivity index (χ0n) is 22.0. The molecule has 7 nitrogen and oxygen atoms in total. The third-order valence-corrected chi connectivity index (χ3v) is 8.55. The monoisotopic (exact) mass is 530 g/mol. The van der Waals surface area contributed by atoms with Gasteiger partial charge in [-0.15, -0.1) is 0 Å². The van der Waals surface area contributed by atoms with Gasteiger partial charge in [-0.3, -0.25) is 14.4 Å². The number of Topliss-reactive ketones (excluding diaryl/α,β-unsaturated/α-hetero) is 2. The summed E-state index contributed by atoms with van der Waals surface area (Å²) in [6.45, 7) is 2.00. The molecule has 7 heteroatoms. The molecule has 3 aromatic carbocycles. The molecule has 0 saturated carbocycles. The highest BCUT2D eigenvalue weighted by atomic mass is 16.5. The molecular formula is C33H26N2O5. The summed E-state index contributed by atoms with van der Waals surface area (Å²) in [5.41, 5.74) is 3.09. The zero-order chi connectivity index (χ0) is 27.6. The lowest BCUT2D eigenvalue weighted by molar-refractivity contribution is -0.121. The largest absolute Gasteiger partial charge is 0.497 e. The van der Waals surface area contributed by atoms with E-state index in [9.17, 15) is 14.4 Å². The minimum Gasteiger partial charge on any atom is -0.497 e. The molecule has 1 amide bonds. The predicted molar refractivity (Wildman–Crippen MR) is 151 cm³/mol. The number of benzene rings is 3. The van der Waals surface area contributed by atoms with Gasteiger partial charge in [0, 0.05) is 22.5 Å². The maximum absolute atomic E-state index is 14.7. The Hall–Kier alpha value is -4.91. The van der Waals surface area contributed by atoms with Crippen molar-refractivity contribution >= 4 is 34.4 Å². The van der Waals surface area contributed by atoms with E-state index in [-0.39, 0.29) is 17.5 Å². The molecule has 1 fully saturated rings. The van der Waals surface area contributed by atoms with Gasteiger partial charge in [0.25, 0.3) is 0 Å². The van der Waals surface area contributed by atoms with Crippen molar-refractivity contribution in [1.29, 1.82) is 0 Å². The Kier molecular flexibility index (Phi) is 5.32. The van der Waals surface area contributed by atoms with E-state index in [0.29, 0.717) is 22.6 Å². The van der Waals surface area contributed by atoms with Crippen LogP contribution >= 0.6 is 0 Å². The van der Waals surface area contributed by atoms with Crippen LogP contribution in [0.2, 0.25) is 0 Å². The number of hydrogen-bond donors (Lipinski definition) is 1. The molecule has 0 radical (unpaired) electrons. The van der Waals surface area contributed by atoms with Crippen LogP contribution in [-0.2, 0) is 10.2 Å². The molecule has 0 aliphatic carbocycles. The van der Waals surface area contributed by atoms with Crippen LogP contribution < -0.4 is 15.0 Å². The summed E-state index contributed by atoms with van der Waals surface area (Å²) in [5.74, 6) is -1.41. The molecule has 3 aliphatic rings. The fourth-order valence-corrected chi connectivity index (χ4v) is 6.91. The van der Waals surface area contributed by atoms with Crippen molar-refractivity contribution in [2.75, 3.05) is 17.3 Å². The van der Waals surface area contributed by atoms with Crippen molar-refractivity contribution in [2.24, 2.45) is 5.92 Å². The molecule has 1 aromatic heterocycles. The molecule has 1 spiro atoms. The van der Waals surface area contributed by atoms with Crippen molar-refractivity contribution < 1.29 is 23.5 Å². The van der Waals surface area contributed by atoms with Crippen LogP contribution in [0, 0.1) is 5.92 Å². The first-order chi connectivity index (χ1) is 19.5. The Bertz CT molecular complexity index is 1720. The van der Waals surface area contributed by atoms with E-state index in [1.54, 1.807) is 43.5 Å². The molecule has 4 atom stereocenters. The van der Waals surface area contributed by atoms with E-state index in [1.165, 1.54) is 6.26 Å². The number of furan rings is 1. The molecule has 3 aliphatic heterocycles. The first-order valence-electron chi connectivity index (χ1n) is 13.2. The highest BCUT2D eigenvalue weighted by molar-refractivity contribution is 6.18. The number of allylic oxidation sites excluding steroid dienone is 1. The van der Waals surface area contributed by atoms with E-state index in [2.05, 4.69) is 5.32 Å². The van der Waals surface area contributed by atoms with Gasteiger partial charge in [-0.1, -0.05) is 54.6 Å². The number of ketones is 2. The number of fused-ring (bicyclic) bond motifs is 6. The predicted octanol–water partition coefficient (Wildman–Crippen LogP) is 5.53. The van der Waals surface area contributed by atoms with Gasteiger partial charge in [0.15, 0.2) is 11.5 Å². The Morgan fingerprint density at radius 2 is 1.75 bits per heavy atom. The number of nitrogens with zero attached hydrogens (tertiary/aromatic N) is 1. The summed E-state index contributed by atoms with van der Waals surface area (Å²) in [6.07, 6.45) is 3.47. The topological polar surface area (TPSA) is 88.9 Å². The van der Waals surface area contributed by atoms with E-state index in [1.807, 2.05) is 66.4 Å². The second-order valence-electron chi connectivity index (χ2n) is 10.4. The second kappa shape index (κ2) is 8.81. The van der Waals surface area contributed by atoms with Crippen LogP contribution in [0.15, 0.2) is 102 Å². The maximum atomic E-state index is 14.7. The van der Waals surface area contributed by atoms with Crippen molar-refractivity contribution in [3.63, 3.8) is 0 Å². The molecule has 40 heavy (non-hydrogen) atoms. The standard InChI is InChI=1S/C33H26N2O5/c1-19-17-27-33(23-12-4-5-13-24(23)34-32(33)38)28(31(37)26-15-8-16-40-26)29(35(27)25-14-6-3-11-22(19)25)30(36)20-9-7-10-21(18-20)39-2/h3-18,27-29H,1-2H3,(H,34,38)/t27-,28-,29+,33-/m1/s1. The minimum absolute atomic E-state index is 0.110. The maximum Gasteiger partial charge on any atom is 0.238 e. The van der Waals surface area contributed by atoms with Gasteiger partial charge in [-0.2, -0.15) is 0 Å². The number of carbonyl (C=O) groups excluding carboxylic acids is 3. The average molecular weight is 531 g/mol. The SMILES string of the molecule is COc1cccc(C(=O)[C@@H]2[C@H](C(=O)c3ccco3)[C@]3(C(=O)Nc4ccccc43)[C@H]3C=C(C)c4ccccc4N23)c1. The second-order valence-corrected chi connectivity index (χ2v) is 10.4. The Balaban J connectivity index is 1.55. The summed E-state index contributed by atoms with van der Waals surface area (Å²) < 4.78 is 11.0. The van der Waals surface area contributed by atoms with Gasteiger partial charge in [0.05, 0.1) is 25.3 Å². The molecule has 0 bridgehead atoms. The molecule has 198 valence electrons. The highest BCUT2D eigenvalue weighted by Gasteiger charge is 2.70. The average Bonchev–Trinajstić information content (AvgIpc) is 3.70. The number of para-hydroxylation sites is 2. The van der Waals surface area contributed by atoms with Crippen LogP contribution in [-0.4, -0.2) is 36.7 Å². The molecule has 4 aromatic rings. The Labute approximate surface area is 231 Å². The van der Waals surface area contributed by atoms with Gasteiger partial charge in [0.1, 0.15) is 17.2 Å². The first-order valence-corrected chi connectivity index (χ1v) is 13.2. The van der Waals surface area contributed by atoms with Crippen LogP contribution in [0.1, 0.15) is 39.0 Å². The van der Waals surface area contributed by atoms with E-state index < -0.39 is 29.2 Å². The van der Waals surface area contributed by atoms with Gasteiger partial charge < -0.3 is 19.4 Å². The summed E-state index contributed by atoms with van der Waals surface area (Å²) in [7, 11) is 1.54. The number of nitrogens with one attached hydrogen (secondary N) is 1. The molecule has 4 heterocycles. The Morgan fingerprint density at radius 3 is 2.55 bits per heavy atom. The van der Waals surface area contributed by atoms with Crippen molar-refractivity contribution in [1.82, 2.24) is 0 Å². The third kappa shape index (κ3) is 3.14. The molecular weight excluding hydrogens is 504 g/mol. The van der Waals surface area contributed by atoms with Crippen LogP contribution in [0.3, 0.4) is 0 Å². The highest BCUT2D eigenvalue weighted by Crippen LogP contribution is 2.58. The number of carbonyl (C=O) groups is 3. The van der Waals surface area contributed by atoms with Crippen molar-refractivity contribution in [2.45, 2.75) is 24.4 Å². The zero-order valence-corrected chi connectivity index (χ0v) is 22.0. The van der Waals surface area contributed by atoms with Crippen LogP contribution in [0.25, 0.3) is 5.57 Å². The lowest BCUT2D eigenvalue weighted by Gasteiger charge is -2.39. The summed E-state index contributed by atoms with van der Waals surface area (Å²) in [4.78, 5) is 45.5. The normalized spacial score (nSPS) is 24.1. The Morgan fingerprint density at radius 1 is 0.950 bits per heavy atom. The lowest BCUT2D eigenvalue weighted by Crippen LogP contribution is -2.51. The van der Waals surface area contributed by atoms with Crippen molar-refractivity contribution in [3.8, 4) is 5.75 Å². The molecule has 0 unspecified atom stereocenters. The van der Waals surface area contributed by atoms with E-state index in [0.717, 1.165) is 16.8 Å². The summed E-state index contributed by atoms with van der Waals surface area (Å²) in [5, 5.41) is 3.04. The van der Waals surface area contributed by atoms with E-state index in [4.69, 9.17) is 9.15 Å². The van der Waals surface area contributed by atoms with E-state index >= 15 is 0 Å². The fraction of sp³-hybridized carbons (Fsp3) is 0.182. The smallest absolute Gasteiger partial charge is 0.238 e. The van der Waals surface area contributed by atoms with Gasteiger partial charge in [0.2, 0.25) is 11.7 Å². The summed E-state index contributed by atoms with van der Waals surface area (Å²) in [6, 6.07) is 23.8. The first kappa shape index (κ1) is 24.2. The van der Waals surface area contributed by atoms with Gasteiger partial charge in [-0.05, 0) is 54.5 Å². The molecule has 1 saturated heterocycles. The summed E-state index contributed by atoms with van der Waals surface area (Å²) >= 11 is 0. The fourth-order valence-electron chi connectivity index (χ4n) is 6.91. The number of amides is 1. The van der Waals surface area contributed by atoms with Gasteiger partial charge >= 0.3 is 0 Å². The number of rotatable bonds is 5. The minimum atomic E-state index is -1.38. The van der Waals surface area contributed by atoms with Crippen molar-refractivity contribution in [3.05, 3.63) is 120 Å². The van der Waals surface area contributed by atoms with Gasteiger partial charge in [-0.25, -0.2) is 0 Å². The number of hydrogen-bond acceptors (Lipinski definition) is 6. The number of anilines is 2.